The lowest BCUT2D eigenvalue weighted by molar-refractivity contribution is -0.119. The molecule has 7 heteroatoms. The van der Waals surface area contributed by atoms with Crippen LogP contribution in [0.2, 0.25) is 0 Å². The number of methoxy groups -OCH3 is 1. The summed E-state index contributed by atoms with van der Waals surface area (Å²) in [5.41, 5.74) is 2.87. The van der Waals surface area contributed by atoms with E-state index in [0.29, 0.717) is 13.0 Å². The largest absolute Gasteiger partial charge is 0.496 e. The van der Waals surface area contributed by atoms with Crippen molar-refractivity contribution in [2.75, 3.05) is 20.2 Å². The number of sulfonamides is 1. The van der Waals surface area contributed by atoms with E-state index in [1.54, 1.807) is 19.2 Å². The third kappa shape index (κ3) is 5.31. The van der Waals surface area contributed by atoms with Crippen molar-refractivity contribution in [3.8, 4) is 5.75 Å². The highest BCUT2D eigenvalue weighted by Gasteiger charge is 2.16. The Morgan fingerprint density at radius 2 is 1.81 bits per heavy atom. The van der Waals surface area contributed by atoms with E-state index in [0.717, 1.165) is 22.4 Å². The van der Waals surface area contributed by atoms with Gasteiger partial charge in [0.05, 0.1) is 18.6 Å². The van der Waals surface area contributed by atoms with Crippen molar-refractivity contribution in [2.24, 2.45) is 0 Å². The van der Waals surface area contributed by atoms with Crippen LogP contribution in [-0.2, 0) is 21.2 Å². The van der Waals surface area contributed by atoms with Gasteiger partial charge in [-0.1, -0.05) is 24.3 Å². The molecule has 2 rings (SSSR count). The highest BCUT2D eigenvalue weighted by Crippen LogP contribution is 2.17. The lowest BCUT2D eigenvalue weighted by Crippen LogP contribution is -2.37. The molecular weight excluding hydrogens is 352 g/mol. The van der Waals surface area contributed by atoms with Crippen molar-refractivity contribution in [2.45, 2.75) is 25.2 Å². The number of hydrogen-bond donors (Lipinski definition) is 2. The Morgan fingerprint density at radius 1 is 1.08 bits per heavy atom. The van der Waals surface area contributed by atoms with E-state index in [1.165, 1.54) is 6.07 Å². The molecule has 1 amide bonds. The molecular formula is C19H24N2O4S. The monoisotopic (exact) mass is 376 g/mol. The van der Waals surface area contributed by atoms with Crippen LogP contribution in [0.25, 0.3) is 0 Å². The summed E-state index contributed by atoms with van der Waals surface area (Å²) >= 11 is 0. The molecule has 0 aliphatic carbocycles. The standard InChI is InChI=1S/C19H24N2O4S/c1-14-8-9-17(12-15(14)2)26(23,24)21-13-19(22)20-11-10-16-6-4-5-7-18(16)25-3/h4-9,12,21H,10-11,13H2,1-3H3,(H,20,22). The number of carbonyl (C=O) groups excluding carboxylic acids is 1. The molecule has 2 aromatic rings. The topological polar surface area (TPSA) is 84.5 Å². The van der Waals surface area contributed by atoms with Crippen LogP contribution in [0.3, 0.4) is 0 Å². The lowest BCUT2D eigenvalue weighted by Gasteiger charge is -2.10. The first-order valence-corrected chi connectivity index (χ1v) is 9.77. The van der Waals surface area contributed by atoms with E-state index in [-0.39, 0.29) is 17.3 Å². The Balaban J connectivity index is 1.85. The maximum atomic E-state index is 12.3. The minimum Gasteiger partial charge on any atom is -0.496 e. The number of carbonyl (C=O) groups is 1. The molecule has 0 radical (unpaired) electrons. The van der Waals surface area contributed by atoms with Crippen molar-refractivity contribution in [3.05, 3.63) is 59.2 Å². The highest BCUT2D eigenvalue weighted by atomic mass is 32.2. The molecule has 0 aromatic heterocycles. The molecule has 0 aliphatic heterocycles. The van der Waals surface area contributed by atoms with Gasteiger partial charge in [-0.25, -0.2) is 13.1 Å². The molecule has 26 heavy (non-hydrogen) atoms. The van der Waals surface area contributed by atoms with Crippen LogP contribution in [0.15, 0.2) is 47.4 Å². The fraction of sp³-hybridized carbons (Fsp3) is 0.316. The second-order valence-corrected chi connectivity index (χ2v) is 7.75. The molecule has 0 spiro atoms. The molecule has 0 aliphatic rings. The Kier molecular flexibility index (Phi) is 6.76. The first-order chi connectivity index (χ1) is 12.3. The zero-order valence-electron chi connectivity index (χ0n) is 15.2. The van der Waals surface area contributed by atoms with Gasteiger partial charge in [0.25, 0.3) is 0 Å². The second kappa shape index (κ2) is 8.82. The zero-order valence-corrected chi connectivity index (χ0v) is 16.0. The number of rotatable bonds is 8. The first kappa shape index (κ1) is 19.9. The van der Waals surface area contributed by atoms with Crippen LogP contribution in [0, 0.1) is 13.8 Å². The summed E-state index contributed by atoms with van der Waals surface area (Å²) in [5, 5.41) is 2.71. The van der Waals surface area contributed by atoms with Gasteiger partial charge in [0.1, 0.15) is 5.75 Å². The van der Waals surface area contributed by atoms with Crippen LogP contribution >= 0.6 is 0 Å². The SMILES string of the molecule is COc1ccccc1CCNC(=O)CNS(=O)(=O)c1ccc(C)c(C)c1. The molecule has 0 fully saturated rings. The Hall–Kier alpha value is -2.38. The Bertz CT molecular complexity index is 879. The number of benzene rings is 2. The van der Waals surface area contributed by atoms with Crippen LogP contribution in [-0.4, -0.2) is 34.5 Å². The van der Waals surface area contributed by atoms with Gasteiger partial charge in [0, 0.05) is 6.54 Å². The van der Waals surface area contributed by atoms with Crippen LogP contribution in [0.5, 0.6) is 5.75 Å². The molecule has 140 valence electrons. The molecule has 0 saturated carbocycles. The maximum absolute atomic E-state index is 12.3. The average molecular weight is 376 g/mol. The number of hydrogen-bond acceptors (Lipinski definition) is 4. The van der Waals surface area contributed by atoms with E-state index in [9.17, 15) is 13.2 Å². The minimum absolute atomic E-state index is 0.155. The fourth-order valence-electron chi connectivity index (χ4n) is 2.43. The summed E-state index contributed by atoms with van der Waals surface area (Å²) < 4.78 is 32.1. The van der Waals surface area contributed by atoms with Crippen molar-refractivity contribution in [3.63, 3.8) is 0 Å². The smallest absolute Gasteiger partial charge is 0.241 e. The Morgan fingerprint density at radius 3 is 2.50 bits per heavy atom. The summed E-state index contributed by atoms with van der Waals surface area (Å²) in [6, 6.07) is 12.4. The lowest BCUT2D eigenvalue weighted by atomic mass is 10.1. The van der Waals surface area contributed by atoms with Crippen LogP contribution in [0.4, 0.5) is 0 Å². The minimum atomic E-state index is -3.71. The van der Waals surface area contributed by atoms with Crippen molar-refractivity contribution in [1.29, 1.82) is 0 Å². The number of nitrogens with one attached hydrogen (secondary N) is 2. The predicted octanol–water partition coefficient (Wildman–Crippen LogP) is 1.95. The normalized spacial score (nSPS) is 11.2. The van der Waals surface area contributed by atoms with E-state index in [1.807, 2.05) is 38.1 Å². The van der Waals surface area contributed by atoms with E-state index < -0.39 is 10.0 Å². The van der Waals surface area contributed by atoms with E-state index in [2.05, 4.69) is 10.0 Å². The summed E-state index contributed by atoms with van der Waals surface area (Å²) in [7, 11) is -2.12. The van der Waals surface area contributed by atoms with Crippen LogP contribution < -0.4 is 14.8 Å². The van der Waals surface area contributed by atoms with E-state index >= 15 is 0 Å². The Labute approximate surface area is 154 Å². The number of para-hydroxylation sites is 1. The molecule has 6 nitrogen and oxygen atoms in total. The third-order valence-electron chi connectivity index (χ3n) is 4.12. The summed E-state index contributed by atoms with van der Waals surface area (Å²) in [5.74, 6) is 0.379. The summed E-state index contributed by atoms with van der Waals surface area (Å²) in [6.45, 7) is 3.85. The van der Waals surface area contributed by atoms with Gasteiger partial charge >= 0.3 is 0 Å². The van der Waals surface area contributed by atoms with Gasteiger partial charge < -0.3 is 10.1 Å². The summed E-state index contributed by atoms with van der Waals surface area (Å²) in [4.78, 5) is 12.1. The zero-order chi connectivity index (χ0) is 19.2. The first-order valence-electron chi connectivity index (χ1n) is 8.29. The highest BCUT2D eigenvalue weighted by molar-refractivity contribution is 7.89. The average Bonchev–Trinajstić information content (AvgIpc) is 2.62. The number of ether oxygens (including phenoxy) is 1. The molecule has 0 bridgehead atoms. The quantitative estimate of drug-likeness (QED) is 0.737. The molecule has 0 heterocycles. The van der Waals surface area contributed by atoms with Crippen molar-refractivity contribution >= 4 is 15.9 Å². The molecule has 2 N–H and O–H groups in total. The van der Waals surface area contributed by atoms with Crippen molar-refractivity contribution < 1.29 is 17.9 Å². The van der Waals surface area contributed by atoms with Gasteiger partial charge in [0.2, 0.25) is 15.9 Å². The van der Waals surface area contributed by atoms with Crippen molar-refractivity contribution in [1.82, 2.24) is 10.0 Å². The van der Waals surface area contributed by atoms with Gasteiger partial charge in [-0.05, 0) is 55.2 Å². The predicted molar refractivity (Wildman–Crippen MR) is 101 cm³/mol. The van der Waals surface area contributed by atoms with Gasteiger partial charge in [-0.3, -0.25) is 4.79 Å². The molecule has 0 unspecified atom stereocenters. The molecule has 0 saturated heterocycles. The van der Waals surface area contributed by atoms with Gasteiger partial charge in [0.15, 0.2) is 0 Å². The number of amides is 1. The third-order valence-corrected chi connectivity index (χ3v) is 5.52. The number of aryl methyl sites for hydroxylation is 2. The van der Waals surface area contributed by atoms with Gasteiger partial charge in [-0.2, -0.15) is 0 Å². The maximum Gasteiger partial charge on any atom is 0.241 e. The molecule has 2 aromatic carbocycles. The fourth-order valence-corrected chi connectivity index (χ4v) is 3.50. The second-order valence-electron chi connectivity index (χ2n) is 5.98. The van der Waals surface area contributed by atoms with E-state index in [4.69, 9.17) is 4.74 Å². The van der Waals surface area contributed by atoms with Gasteiger partial charge in [-0.15, -0.1) is 0 Å². The summed E-state index contributed by atoms with van der Waals surface area (Å²) in [6.07, 6.45) is 0.597. The van der Waals surface area contributed by atoms with Crippen LogP contribution in [0.1, 0.15) is 16.7 Å². The molecule has 0 atom stereocenters.